The van der Waals surface area contributed by atoms with E-state index in [4.69, 9.17) is 9.47 Å². The molecule has 0 bridgehead atoms. The topological polar surface area (TPSA) is 127 Å². The van der Waals surface area contributed by atoms with E-state index < -0.39 is 47.9 Å². The van der Waals surface area contributed by atoms with Crippen LogP contribution in [-0.2, 0) is 28.7 Å². The third kappa shape index (κ3) is 7.46. The van der Waals surface area contributed by atoms with E-state index in [1.54, 1.807) is 0 Å². The summed E-state index contributed by atoms with van der Waals surface area (Å²) in [6.45, 7) is 4.24. The quantitative estimate of drug-likeness (QED) is 0.448. The van der Waals surface area contributed by atoms with E-state index in [0.717, 1.165) is 25.7 Å². The van der Waals surface area contributed by atoms with Gasteiger partial charge in [-0.3, -0.25) is 9.59 Å². The summed E-state index contributed by atoms with van der Waals surface area (Å²) < 4.78 is 10.7. The number of carboxylic acid groups (broad SMARTS) is 2. The van der Waals surface area contributed by atoms with Gasteiger partial charge in [0.25, 0.3) is 0 Å². The summed E-state index contributed by atoms with van der Waals surface area (Å²) in [6.07, 6.45) is 4.55. The fourth-order valence-electron chi connectivity index (χ4n) is 4.06. The van der Waals surface area contributed by atoms with Gasteiger partial charge in [-0.1, -0.05) is 13.8 Å². The minimum Gasteiger partial charge on any atom is -0.478 e. The fourth-order valence-corrected chi connectivity index (χ4v) is 4.06. The summed E-state index contributed by atoms with van der Waals surface area (Å²) in [5.74, 6) is -3.57. The third-order valence-electron chi connectivity index (χ3n) is 6.04. The molecule has 0 heterocycles. The Bertz CT molecular complexity index is 621. The highest BCUT2D eigenvalue weighted by atomic mass is 16.5. The number of carbonyl (C=O) groups excluding carboxylic acids is 2. The van der Waals surface area contributed by atoms with E-state index in [2.05, 4.69) is 13.8 Å². The summed E-state index contributed by atoms with van der Waals surface area (Å²) in [7, 11) is 0. The summed E-state index contributed by atoms with van der Waals surface area (Å²) in [4.78, 5) is 47.8. The minimum absolute atomic E-state index is 0.282. The summed E-state index contributed by atoms with van der Waals surface area (Å²) >= 11 is 0. The average molecular weight is 424 g/mol. The molecule has 0 aromatic heterocycles. The number of esters is 2. The SMILES string of the molecule is CC1CCC(OC(=O)C/C(C(=O)O)=C(/CC(=O)OC2CCC(C)CC2)C(=O)O)CC1. The third-order valence-corrected chi connectivity index (χ3v) is 6.04. The fraction of sp³-hybridized carbons (Fsp3) is 0.727. The summed E-state index contributed by atoms with van der Waals surface area (Å²) in [5.41, 5.74) is -1.27. The van der Waals surface area contributed by atoms with Gasteiger partial charge in [-0.15, -0.1) is 0 Å². The van der Waals surface area contributed by atoms with Gasteiger partial charge < -0.3 is 19.7 Å². The Morgan fingerprint density at radius 3 is 1.20 bits per heavy atom. The molecule has 0 amide bonds. The molecule has 8 heteroatoms. The Morgan fingerprint density at radius 1 is 0.633 bits per heavy atom. The lowest BCUT2D eigenvalue weighted by Crippen LogP contribution is -2.26. The van der Waals surface area contributed by atoms with E-state index in [1.807, 2.05) is 0 Å². The Morgan fingerprint density at radius 2 is 0.933 bits per heavy atom. The number of aliphatic carboxylic acids is 2. The van der Waals surface area contributed by atoms with Crippen LogP contribution < -0.4 is 0 Å². The number of hydrogen-bond acceptors (Lipinski definition) is 6. The molecule has 0 aromatic carbocycles. The van der Waals surface area contributed by atoms with Gasteiger partial charge in [0.05, 0.1) is 24.0 Å². The van der Waals surface area contributed by atoms with Crippen molar-refractivity contribution in [3.05, 3.63) is 11.1 Å². The van der Waals surface area contributed by atoms with Crippen molar-refractivity contribution in [2.24, 2.45) is 11.8 Å². The molecule has 2 fully saturated rings. The van der Waals surface area contributed by atoms with Gasteiger partial charge >= 0.3 is 23.9 Å². The molecule has 0 aliphatic heterocycles. The number of hydrogen-bond donors (Lipinski definition) is 2. The monoisotopic (exact) mass is 424 g/mol. The molecule has 30 heavy (non-hydrogen) atoms. The molecule has 2 aliphatic carbocycles. The van der Waals surface area contributed by atoms with Crippen molar-refractivity contribution in [2.75, 3.05) is 0 Å². The van der Waals surface area contributed by atoms with Crippen molar-refractivity contribution in [1.29, 1.82) is 0 Å². The Kier molecular flexibility index (Phi) is 8.87. The van der Waals surface area contributed by atoms with Crippen LogP contribution >= 0.6 is 0 Å². The zero-order valence-corrected chi connectivity index (χ0v) is 17.7. The van der Waals surface area contributed by atoms with Gasteiger partial charge in [0.2, 0.25) is 0 Å². The summed E-state index contributed by atoms with van der Waals surface area (Å²) in [5, 5.41) is 18.9. The first-order chi connectivity index (χ1) is 14.2. The van der Waals surface area contributed by atoms with Crippen LogP contribution in [0.25, 0.3) is 0 Å². The first-order valence-electron chi connectivity index (χ1n) is 10.7. The van der Waals surface area contributed by atoms with Crippen molar-refractivity contribution >= 4 is 23.9 Å². The zero-order valence-electron chi connectivity index (χ0n) is 17.7. The molecule has 2 aliphatic rings. The molecular formula is C22H32O8. The average Bonchev–Trinajstić information content (AvgIpc) is 2.68. The second kappa shape index (κ2) is 11.1. The molecular weight excluding hydrogens is 392 g/mol. The van der Waals surface area contributed by atoms with Crippen molar-refractivity contribution in [1.82, 2.24) is 0 Å². The predicted octanol–water partition coefficient (Wildman–Crippen LogP) is 3.48. The van der Waals surface area contributed by atoms with E-state index in [9.17, 15) is 29.4 Å². The van der Waals surface area contributed by atoms with Crippen molar-refractivity contribution in [3.8, 4) is 0 Å². The van der Waals surface area contributed by atoms with E-state index in [1.165, 1.54) is 0 Å². The van der Waals surface area contributed by atoms with Crippen LogP contribution in [0.2, 0.25) is 0 Å². The number of carbonyl (C=O) groups is 4. The molecule has 0 aromatic rings. The van der Waals surface area contributed by atoms with Crippen LogP contribution in [-0.4, -0.2) is 46.3 Å². The van der Waals surface area contributed by atoms with Gasteiger partial charge in [-0.2, -0.15) is 0 Å². The van der Waals surface area contributed by atoms with Crippen LogP contribution in [0.3, 0.4) is 0 Å². The highest BCUT2D eigenvalue weighted by Gasteiger charge is 2.29. The van der Waals surface area contributed by atoms with Crippen LogP contribution in [0.1, 0.15) is 78.1 Å². The maximum Gasteiger partial charge on any atom is 0.332 e. The second-order valence-electron chi connectivity index (χ2n) is 8.66. The Labute approximate surface area is 176 Å². The largest absolute Gasteiger partial charge is 0.478 e. The van der Waals surface area contributed by atoms with Crippen LogP contribution in [0.4, 0.5) is 0 Å². The number of rotatable bonds is 8. The molecule has 0 radical (unpaired) electrons. The molecule has 0 unspecified atom stereocenters. The van der Waals surface area contributed by atoms with Crippen LogP contribution in [0, 0.1) is 11.8 Å². The maximum atomic E-state index is 12.2. The Hall–Kier alpha value is -2.38. The lowest BCUT2D eigenvalue weighted by molar-refractivity contribution is -0.152. The van der Waals surface area contributed by atoms with E-state index in [0.29, 0.717) is 37.5 Å². The lowest BCUT2D eigenvalue weighted by Gasteiger charge is -2.26. The first-order valence-corrected chi connectivity index (χ1v) is 10.7. The van der Waals surface area contributed by atoms with Gasteiger partial charge in [-0.25, -0.2) is 9.59 Å². The normalized spacial score (nSPS) is 27.5. The standard InChI is InChI=1S/C22H32O8/c1-13-3-7-15(8-4-13)29-19(23)11-17(21(25)26)18(22(27)28)12-20(24)30-16-9-5-14(2)6-10-16/h13-16H,3-12H2,1-2H3,(H,25,26)(H,27,28)/b18-17+. The first kappa shape index (κ1) is 23.9. The van der Waals surface area contributed by atoms with Crippen molar-refractivity contribution < 1.29 is 38.9 Å². The second-order valence-corrected chi connectivity index (χ2v) is 8.66. The molecule has 8 nitrogen and oxygen atoms in total. The Balaban J connectivity index is 2.01. The highest BCUT2D eigenvalue weighted by Crippen LogP contribution is 2.28. The smallest absolute Gasteiger partial charge is 0.332 e. The molecule has 0 saturated heterocycles. The summed E-state index contributed by atoms with van der Waals surface area (Å²) in [6, 6.07) is 0. The highest BCUT2D eigenvalue weighted by molar-refractivity contribution is 6.04. The lowest BCUT2D eigenvalue weighted by atomic mass is 9.89. The van der Waals surface area contributed by atoms with Crippen molar-refractivity contribution in [2.45, 2.75) is 90.3 Å². The molecule has 168 valence electrons. The molecule has 2 rings (SSSR count). The van der Waals surface area contributed by atoms with E-state index in [-0.39, 0.29) is 12.2 Å². The molecule has 0 spiro atoms. The van der Waals surface area contributed by atoms with Gasteiger partial charge in [0, 0.05) is 0 Å². The predicted molar refractivity (Wildman–Crippen MR) is 107 cm³/mol. The van der Waals surface area contributed by atoms with Gasteiger partial charge in [0.1, 0.15) is 12.2 Å². The minimum atomic E-state index is -1.55. The van der Waals surface area contributed by atoms with Crippen LogP contribution in [0.5, 0.6) is 0 Å². The molecule has 0 atom stereocenters. The van der Waals surface area contributed by atoms with Gasteiger partial charge in [0.15, 0.2) is 0 Å². The number of ether oxygens (including phenoxy) is 2. The maximum absolute atomic E-state index is 12.2. The van der Waals surface area contributed by atoms with Gasteiger partial charge in [-0.05, 0) is 63.2 Å². The molecule has 2 saturated carbocycles. The van der Waals surface area contributed by atoms with E-state index >= 15 is 0 Å². The number of carboxylic acids is 2. The van der Waals surface area contributed by atoms with Crippen LogP contribution in [0.15, 0.2) is 11.1 Å². The molecule has 2 N–H and O–H groups in total. The van der Waals surface area contributed by atoms with Crippen molar-refractivity contribution in [3.63, 3.8) is 0 Å². The zero-order chi connectivity index (χ0) is 22.3.